The first-order valence-electron chi connectivity index (χ1n) is 6.77. The molecule has 6 nitrogen and oxygen atoms in total. The highest BCUT2D eigenvalue weighted by Crippen LogP contribution is 2.09. The highest BCUT2D eigenvalue weighted by Gasteiger charge is 2.08. The first-order chi connectivity index (χ1) is 10.6. The Bertz CT molecular complexity index is 691. The predicted molar refractivity (Wildman–Crippen MR) is 82.7 cm³/mol. The van der Waals surface area contributed by atoms with Crippen LogP contribution in [0.3, 0.4) is 0 Å². The van der Waals surface area contributed by atoms with Crippen LogP contribution in [0.4, 0.5) is 0 Å². The van der Waals surface area contributed by atoms with E-state index in [1.807, 2.05) is 19.9 Å². The quantitative estimate of drug-likeness (QED) is 0.652. The zero-order chi connectivity index (χ0) is 15.9. The van der Waals surface area contributed by atoms with Gasteiger partial charge in [0.1, 0.15) is 5.76 Å². The Labute approximate surface area is 128 Å². The molecule has 22 heavy (non-hydrogen) atoms. The SMILES string of the molecule is Cc1ccc(C(=O)NCC(=O)N/N=C\c2ccco2)cc1C. The lowest BCUT2D eigenvalue weighted by Gasteiger charge is -2.06. The maximum absolute atomic E-state index is 11.9. The maximum Gasteiger partial charge on any atom is 0.259 e. The third-order valence-corrected chi connectivity index (χ3v) is 3.10. The lowest BCUT2D eigenvalue weighted by atomic mass is 10.1. The maximum atomic E-state index is 11.9. The standard InChI is InChI=1S/C16H17N3O3/c1-11-5-6-13(8-12(11)2)16(21)17-10-15(20)19-18-9-14-4-3-7-22-14/h3-9H,10H2,1-2H3,(H,17,21)(H,19,20)/b18-9-. The van der Waals surface area contributed by atoms with E-state index in [0.717, 1.165) is 11.1 Å². The number of hydrogen-bond acceptors (Lipinski definition) is 4. The lowest BCUT2D eigenvalue weighted by molar-refractivity contribution is -0.120. The van der Waals surface area contributed by atoms with Gasteiger partial charge in [0.15, 0.2) is 0 Å². The third kappa shape index (κ3) is 4.31. The van der Waals surface area contributed by atoms with E-state index in [1.165, 1.54) is 12.5 Å². The molecule has 0 bridgehead atoms. The van der Waals surface area contributed by atoms with Crippen molar-refractivity contribution in [2.45, 2.75) is 13.8 Å². The zero-order valence-electron chi connectivity index (χ0n) is 12.4. The van der Waals surface area contributed by atoms with Gasteiger partial charge in [-0.3, -0.25) is 9.59 Å². The summed E-state index contributed by atoms with van der Waals surface area (Å²) >= 11 is 0. The van der Waals surface area contributed by atoms with Crippen molar-refractivity contribution < 1.29 is 14.0 Å². The van der Waals surface area contributed by atoms with Gasteiger partial charge in [0.25, 0.3) is 11.8 Å². The summed E-state index contributed by atoms with van der Waals surface area (Å²) in [6, 6.07) is 8.81. The molecule has 0 unspecified atom stereocenters. The summed E-state index contributed by atoms with van der Waals surface area (Å²) in [4.78, 5) is 23.5. The van der Waals surface area contributed by atoms with Crippen LogP contribution in [-0.2, 0) is 4.79 Å². The van der Waals surface area contributed by atoms with Gasteiger partial charge in [-0.15, -0.1) is 0 Å². The van der Waals surface area contributed by atoms with Gasteiger partial charge in [-0.1, -0.05) is 6.07 Å². The molecule has 0 saturated carbocycles. The summed E-state index contributed by atoms with van der Waals surface area (Å²) in [7, 11) is 0. The Morgan fingerprint density at radius 1 is 1.23 bits per heavy atom. The first-order valence-corrected chi connectivity index (χ1v) is 6.77. The molecule has 0 aliphatic heterocycles. The minimum atomic E-state index is -0.417. The van der Waals surface area contributed by atoms with Gasteiger partial charge in [0.2, 0.25) is 0 Å². The molecule has 0 fully saturated rings. The Kier molecular flexibility index (Phi) is 5.08. The van der Waals surface area contributed by atoms with E-state index in [-0.39, 0.29) is 12.5 Å². The third-order valence-electron chi connectivity index (χ3n) is 3.10. The molecule has 6 heteroatoms. The van der Waals surface area contributed by atoms with Gasteiger partial charge in [-0.05, 0) is 49.2 Å². The Hall–Kier alpha value is -2.89. The number of furan rings is 1. The van der Waals surface area contributed by atoms with E-state index in [0.29, 0.717) is 11.3 Å². The molecule has 0 radical (unpaired) electrons. The van der Waals surface area contributed by atoms with Crippen molar-refractivity contribution in [1.82, 2.24) is 10.7 Å². The number of nitrogens with zero attached hydrogens (tertiary/aromatic N) is 1. The summed E-state index contributed by atoms with van der Waals surface area (Å²) in [5.41, 5.74) is 4.97. The van der Waals surface area contributed by atoms with Gasteiger partial charge in [-0.2, -0.15) is 5.10 Å². The number of hydrazone groups is 1. The van der Waals surface area contributed by atoms with Gasteiger partial charge >= 0.3 is 0 Å². The highest BCUT2D eigenvalue weighted by atomic mass is 16.3. The van der Waals surface area contributed by atoms with Crippen molar-refractivity contribution in [2.75, 3.05) is 6.54 Å². The number of aryl methyl sites for hydroxylation is 2. The van der Waals surface area contributed by atoms with Crippen LogP contribution in [0, 0.1) is 13.8 Å². The van der Waals surface area contributed by atoms with Crippen LogP contribution >= 0.6 is 0 Å². The molecule has 1 aromatic carbocycles. The molecule has 2 aromatic rings. The summed E-state index contributed by atoms with van der Waals surface area (Å²) in [6.07, 6.45) is 2.88. The Morgan fingerprint density at radius 3 is 2.73 bits per heavy atom. The smallest absolute Gasteiger partial charge is 0.259 e. The molecule has 2 N–H and O–H groups in total. The van der Waals surface area contributed by atoms with E-state index in [1.54, 1.807) is 24.3 Å². The molecule has 1 aromatic heterocycles. The Balaban J connectivity index is 1.80. The highest BCUT2D eigenvalue weighted by molar-refractivity contribution is 5.96. The van der Waals surface area contributed by atoms with E-state index in [4.69, 9.17) is 4.42 Å². The van der Waals surface area contributed by atoms with Crippen molar-refractivity contribution in [3.05, 3.63) is 59.0 Å². The first kappa shape index (κ1) is 15.5. The fourth-order valence-corrected chi connectivity index (χ4v) is 1.72. The van der Waals surface area contributed by atoms with Crippen molar-refractivity contribution in [1.29, 1.82) is 0 Å². The monoisotopic (exact) mass is 299 g/mol. The average Bonchev–Trinajstić information content (AvgIpc) is 3.01. The number of hydrogen-bond donors (Lipinski definition) is 2. The second-order valence-electron chi connectivity index (χ2n) is 4.79. The van der Waals surface area contributed by atoms with E-state index in [2.05, 4.69) is 15.8 Å². The fraction of sp³-hybridized carbons (Fsp3) is 0.188. The number of rotatable bonds is 5. The number of carbonyl (C=O) groups is 2. The second kappa shape index (κ2) is 7.21. The summed E-state index contributed by atoms with van der Waals surface area (Å²) in [5.74, 6) is -0.187. The lowest BCUT2D eigenvalue weighted by Crippen LogP contribution is -2.34. The summed E-state index contributed by atoms with van der Waals surface area (Å²) in [6.45, 7) is 3.75. The second-order valence-corrected chi connectivity index (χ2v) is 4.79. The predicted octanol–water partition coefficient (Wildman–Crippen LogP) is 1.78. The van der Waals surface area contributed by atoms with Gasteiger partial charge in [0.05, 0.1) is 19.0 Å². The largest absolute Gasteiger partial charge is 0.463 e. The van der Waals surface area contributed by atoms with Crippen molar-refractivity contribution in [3.8, 4) is 0 Å². The molecule has 0 spiro atoms. The van der Waals surface area contributed by atoms with E-state index < -0.39 is 5.91 Å². The van der Waals surface area contributed by atoms with Gasteiger partial charge < -0.3 is 9.73 Å². The topological polar surface area (TPSA) is 83.7 Å². The summed E-state index contributed by atoms with van der Waals surface area (Å²) in [5, 5.41) is 6.26. The van der Waals surface area contributed by atoms with Crippen LogP contribution in [0.2, 0.25) is 0 Å². The number of benzene rings is 1. The molecular formula is C16H17N3O3. The van der Waals surface area contributed by atoms with Crippen LogP contribution in [-0.4, -0.2) is 24.6 Å². The Morgan fingerprint density at radius 2 is 2.05 bits per heavy atom. The fourth-order valence-electron chi connectivity index (χ4n) is 1.72. The minimum Gasteiger partial charge on any atom is -0.463 e. The van der Waals surface area contributed by atoms with Crippen molar-refractivity contribution >= 4 is 18.0 Å². The zero-order valence-corrected chi connectivity index (χ0v) is 12.4. The molecule has 2 rings (SSSR count). The molecule has 114 valence electrons. The van der Waals surface area contributed by atoms with Crippen LogP contribution in [0.15, 0.2) is 46.1 Å². The number of carbonyl (C=O) groups excluding carboxylic acids is 2. The van der Waals surface area contributed by atoms with Crippen LogP contribution in [0.5, 0.6) is 0 Å². The normalized spacial score (nSPS) is 10.6. The van der Waals surface area contributed by atoms with Crippen molar-refractivity contribution in [3.63, 3.8) is 0 Å². The number of amides is 2. The molecule has 0 aliphatic carbocycles. The van der Waals surface area contributed by atoms with Crippen molar-refractivity contribution in [2.24, 2.45) is 5.10 Å². The van der Waals surface area contributed by atoms with Gasteiger partial charge in [-0.25, -0.2) is 5.43 Å². The van der Waals surface area contributed by atoms with Gasteiger partial charge in [0, 0.05) is 5.56 Å². The molecule has 0 atom stereocenters. The molecule has 0 aliphatic rings. The van der Waals surface area contributed by atoms with Crippen LogP contribution in [0.25, 0.3) is 0 Å². The van der Waals surface area contributed by atoms with Crippen LogP contribution in [0.1, 0.15) is 27.2 Å². The molecule has 1 heterocycles. The summed E-state index contributed by atoms with van der Waals surface area (Å²) < 4.78 is 5.02. The average molecular weight is 299 g/mol. The van der Waals surface area contributed by atoms with Crippen LogP contribution < -0.4 is 10.7 Å². The number of nitrogens with one attached hydrogen (secondary N) is 2. The minimum absolute atomic E-state index is 0.152. The van der Waals surface area contributed by atoms with E-state index >= 15 is 0 Å². The molecule has 2 amide bonds. The molecular weight excluding hydrogens is 282 g/mol. The molecule has 0 saturated heterocycles. The van der Waals surface area contributed by atoms with E-state index in [9.17, 15) is 9.59 Å².